The molecule has 8 heteroatoms. The topological polar surface area (TPSA) is 89.2 Å². The molecule has 2 aromatic heterocycles. The maximum atomic E-state index is 5.48. The van der Waals surface area contributed by atoms with Crippen molar-refractivity contribution in [2.45, 2.75) is 51.6 Å². The Morgan fingerprint density at radius 3 is 2.43 bits per heavy atom. The highest BCUT2D eigenvalue weighted by Crippen LogP contribution is 2.31. The number of nitrogens with zero attached hydrogens (tertiary/aromatic N) is 5. The highest BCUT2D eigenvalue weighted by atomic mass is 16.5. The predicted molar refractivity (Wildman–Crippen MR) is 115 cm³/mol. The Labute approximate surface area is 176 Å². The van der Waals surface area contributed by atoms with E-state index in [1.165, 1.54) is 0 Å². The van der Waals surface area contributed by atoms with E-state index >= 15 is 0 Å². The highest BCUT2D eigenvalue weighted by Gasteiger charge is 2.27. The Balaban J connectivity index is 1.40. The van der Waals surface area contributed by atoms with Crippen molar-refractivity contribution in [3.8, 4) is 11.6 Å². The van der Waals surface area contributed by atoms with Crippen LogP contribution in [0.3, 0.4) is 0 Å². The molecule has 30 heavy (non-hydrogen) atoms. The van der Waals surface area contributed by atoms with E-state index in [1.54, 1.807) is 0 Å². The molecule has 1 N–H and O–H groups in total. The van der Waals surface area contributed by atoms with Gasteiger partial charge in [0.1, 0.15) is 0 Å². The summed E-state index contributed by atoms with van der Waals surface area (Å²) in [6.45, 7) is 7.46. The molecule has 1 aromatic carbocycles. The average Bonchev–Trinajstić information content (AvgIpc) is 3.20. The molecule has 0 atom stereocenters. The van der Waals surface area contributed by atoms with Gasteiger partial charge in [0.25, 0.3) is 5.89 Å². The number of piperidine rings is 1. The third kappa shape index (κ3) is 4.02. The number of fused-ring (bicyclic) bond motifs is 1. The zero-order chi connectivity index (χ0) is 20.5. The number of rotatable bonds is 4. The van der Waals surface area contributed by atoms with Crippen molar-refractivity contribution < 1.29 is 9.26 Å². The lowest BCUT2D eigenvalue weighted by Crippen LogP contribution is -2.48. The molecule has 0 unspecified atom stereocenters. The summed E-state index contributed by atoms with van der Waals surface area (Å²) in [7, 11) is 0. The monoisotopic (exact) mass is 408 g/mol. The van der Waals surface area contributed by atoms with Crippen LogP contribution in [0.25, 0.3) is 22.6 Å². The Morgan fingerprint density at radius 1 is 0.933 bits per heavy atom. The maximum Gasteiger partial charge on any atom is 0.280 e. The Kier molecular flexibility index (Phi) is 5.35. The van der Waals surface area contributed by atoms with E-state index in [1.807, 2.05) is 19.1 Å². The molecule has 0 amide bonds. The van der Waals surface area contributed by atoms with Gasteiger partial charge in [-0.05, 0) is 57.2 Å². The van der Waals surface area contributed by atoms with Crippen molar-refractivity contribution in [1.82, 2.24) is 25.4 Å². The lowest BCUT2D eigenvalue weighted by atomic mass is 10.0. The van der Waals surface area contributed by atoms with Gasteiger partial charge in [-0.1, -0.05) is 11.2 Å². The summed E-state index contributed by atoms with van der Waals surface area (Å²) < 4.78 is 10.9. The second-order valence-electron chi connectivity index (χ2n) is 8.35. The van der Waals surface area contributed by atoms with E-state index in [9.17, 15) is 0 Å². The first-order valence-electron chi connectivity index (χ1n) is 10.8. The quantitative estimate of drug-likeness (QED) is 0.705. The fraction of sp³-hybridized carbons (Fsp3) is 0.545. The molecule has 2 fully saturated rings. The Hall–Kier alpha value is -2.58. The number of hydrogen-bond donors (Lipinski definition) is 1. The van der Waals surface area contributed by atoms with Gasteiger partial charge >= 0.3 is 0 Å². The molecule has 2 aliphatic rings. The fourth-order valence-corrected chi connectivity index (χ4v) is 4.37. The van der Waals surface area contributed by atoms with Crippen LogP contribution in [0.4, 0.5) is 5.82 Å². The van der Waals surface area contributed by atoms with Gasteiger partial charge in [-0.15, -0.1) is 0 Å². The van der Waals surface area contributed by atoms with E-state index in [0.29, 0.717) is 29.5 Å². The molecule has 0 spiro atoms. The molecule has 158 valence electrons. The summed E-state index contributed by atoms with van der Waals surface area (Å²) in [5.74, 6) is 1.86. The van der Waals surface area contributed by atoms with Crippen molar-refractivity contribution in [2.24, 2.45) is 0 Å². The van der Waals surface area contributed by atoms with Crippen LogP contribution in [-0.4, -0.2) is 58.5 Å². The average molecular weight is 409 g/mol. The summed E-state index contributed by atoms with van der Waals surface area (Å²) in [6.07, 6.45) is 4.37. The lowest BCUT2D eigenvalue weighted by Gasteiger charge is -2.36. The molecule has 5 rings (SSSR count). The molecule has 3 aromatic rings. The van der Waals surface area contributed by atoms with Crippen LogP contribution in [0.1, 0.15) is 37.1 Å². The molecule has 0 aliphatic carbocycles. The molecular weight excluding hydrogens is 380 g/mol. The van der Waals surface area contributed by atoms with Gasteiger partial charge in [-0.25, -0.2) is 9.97 Å². The minimum atomic E-state index is 0.431. The van der Waals surface area contributed by atoms with E-state index < -0.39 is 0 Å². The number of benzene rings is 1. The molecule has 2 saturated heterocycles. The first kappa shape index (κ1) is 19.4. The van der Waals surface area contributed by atoms with Gasteiger partial charge in [0.05, 0.1) is 11.0 Å². The third-order valence-corrected chi connectivity index (χ3v) is 6.02. The summed E-state index contributed by atoms with van der Waals surface area (Å²) >= 11 is 0. The first-order valence-corrected chi connectivity index (χ1v) is 10.8. The van der Waals surface area contributed by atoms with Crippen LogP contribution in [-0.2, 0) is 4.74 Å². The summed E-state index contributed by atoms with van der Waals surface area (Å²) in [5.41, 5.74) is 3.56. The van der Waals surface area contributed by atoms with Crippen LogP contribution in [0, 0.1) is 13.8 Å². The number of nitrogens with one attached hydrogen (secondary N) is 1. The van der Waals surface area contributed by atoms with Crippen LogP contribution in [0.2, 0.25) is 0 Å². The molecule has 8 nitrogen and oxygen atoms in total. The summed E-state index contributed by atoms with van der Waals surface area (Å²) in [5, 5.41) is 7.79. The molecule has 0 saturated carbocycles. The first-order chi connectivity index (χ1) is 14.7. The number of anilines is 1. The molecular formula is C22H28N6O2. The molecule has 4 heterocycles. The fourth-order valence-electron chi connectivity index (χ4n) is 4.37. The zero-order valence-electron chi connectivity index (χ0n) is 17.6. The van der Waals surface area contributed by atoms with E-state index in [2.05, 4.69) is 33.3 Å². The highest BCUT2D eigenvalue weighted by molar-refractivity contribution is 5.82. The Morgan fingerprint density at radius 2 is 1.70 bits per heavy atom. The smallest absolute Gasteiger partial charge is 0.280 e. The van der Waals surface area contributed by atoms with Gasteiger partial charge in [0.2, 0.25) is 0 Å². The van der Waals surface area contributed by atoms with Gasteiger partial charge in [0.15, 0.2) is 17.3 Å². The van der Waals surface area contributed by atoms with E-state index in [4.69, 9.17) is 19.2 Å². The summed E-state index contributed by atoms with van der Waals surface area (Å²) in [6, 6.07) is 7.26. The van der Waals surface area contributed by atoms with Gasteiger partial charge in [-0.3, -0.25) is 0 Å². The van der Waals surface area contributed by atoms with Gasteiger partial charge < -0.3 is 19.5 Å². The second kappa shape index (κ2) is 8.28. The predicted octanol–water partition coefficient (Wildman–Crippen LogP) is 3.03. The van der Waals surface area contributed by atoms with E-state index in [0.717, 1.165) is 74.4 Å². The number of ether oxygens (including phenoxy) is 1. The number of hydrogen-bond acceptors (Lipinski definition) is 8. The zero-order valence-corrected chi connectivity index (χ0v) is 17.6. The van der Waals surface area contributed by atoms with Gasteiger partial charge in [0, 0.05) is 38.4 Å². The van der Waals surface area contributed by atoms with Crippen LogP contribution in [0.5, 0.6) is 0 Å². The SMILES string of the molecule is Cc1ccc2nc(N3CCC(NC4CCOCC4)CC3)c(-c3nc(C)no3)nc2c1. The van der Waals surface area contributed by atoms with Crippen molar-refractivity contribution in [3.63, 3.8) is 0 Å². The molecule has 0 bridgehead atoms. The standard InChI is InChI=1S/C22H28N6O2/c1-14-3-4-18-19(13-14)25-20(22-23-15(2)27-30-22)21(26-18)28-9-5-16(6-10-28)24-17-7-11-29-12-8-17/h3-4,13,16-17,24H,5-12H2,1-2H3. The normalized spacial score (nSPS) is 18.9. The van der Waals surface area contributed by atoms with Crippen molar-refractivity contribution in [1.29, 1.82) is 0 Å². The van der Waals surface area contributed by atoms with Crippen LogP contribution >= 0.6 is 0 Å². The maximum absolute atomic E-state index is 5.48. The molecule has 0 radical (unpaired) electrons. The lowest BCUT2D eigenvalue weighted by molar-refractivity contribution is 0.0738. The third-order valence-electron chi connectivity index (χ3n) is 6.02. The van der Waals surface area contributed by atoms with Crippen molar-refractivity contribution in [3.05, 3.63) is 29.6 Å². The number of aryl methyl sites for hydroxylation is 2. The largest absolute Gasteiger partial charge is 0.381 e. The van der Waals surface area contributed by atoms with Crippen molar-refractivity contribution >= 4 is 16.9 Å². The summed E-state index contributed by atoms with van der Waals surface area (Å²) in [4.78, 5) is 16.6. The molecule has 2 aliphatic heterocycles. The minimum Gasteiger partial charge on any atom is -0.381 e. The van der Waals surface area contributed by atoms with E-state index in [-0.39, 0.29) is 0 Å². The number of aromatic nitrogens is 4. The van der Waals surface area contributed by atoms with Gasteiger partial charge in [-0.2, -0.15) is 4.98 Å². The second-order valence-corrected chi connectivity index (χ2v) is 8.35. The van der Waals surface area contributed by atoms with Crippen LogP contribution < -0.4 is 10.2 Å². The Bertz CT molecular complexity index is 1020. The minimum absolute atomic E-state index is 0.431. The van der Waals surface area contributed by atoms with Crippen molar-refractivity contribution in [2.75, 3.05) is 31.2 Å². The van der Waals surface area contributed by atoms with Crippen LogP contribution in [0.15, 0.2) is 22.7 Å².